The number of rotatable bonds is 4. The molecular weight excluding hydrogens is 310 g/mol. The van der Waals surface area contributed by atoms with E-state index in [9.17, 15) is 0 Å². The first-order valence-corrected chi connectivity index (χ1v) is 9.33. The molecule has 130 valence electrons. The summed E-state index contributed by atoms with van der Waals surface area (Å²) in [5.74, 6) is 0.717. The molecule has 2 atom stereocenters. The molecule has 1 fully saturated rings. The fraction of sp³-hybridized carbons (Fsp3) is 0.450. The van der Waals surface area contributed by atoms with Crippen molar-refractivity contribution in [1.82, 2.24) is 25.1 Å². The van der Waals surface area contributed by atoms with Gasteiger partial charge in [0.25, 0.3) is 0 Å². The maximum Gasteiger partial charge on any atom is 0.204 e. The molecule has 1 saturated heterocycles. The van der Waals surface area contributed by atoms with Crippen molar-refractivity contribution in [2.75, 3.05) is 13.1 Å². The van der Waals surface area contributed by atoms with E-state index in [1.807, 2.05) is 4.80 Å². The first-order valence-electron chi connectivity index (χ1n) is 9.33. The van der Waals surface area contributed by atoms with Gasteiger partial charge < -0.3 is 0 Å². The van der Waals surface area contributed by atoms with Crippen molar-refractivity contribution in [2.45, 2.75) is 45.2 Å². The van der Waals surface area contributed by atoms with Gasteiger partial charge in [0.15, 0.2) is 0 Å². The second-order valence-electron chi connectivity index (χ2n) is 6.81. The first kappa shape index (κ1) is 16.2. The number of likely N-dealkylation sites (N-methyl/N-ethyl adjacent to an activating group) is 1. The molecule has 0 unspecified atom stereocenters. The minimum Gasteiger partial charge on any atom is -0.298 e. The van der Waals surface area contributed by atoms with Crippen molar-refractivity contribution >= 4 is 10.8 Å². The van der Waals surface area contributed by atoms with Crippen molar-refractivity contribution in [3.05, 3.63) is 42.5 Å². The van der Waals surface area contributed by atoms with Crippen molar-refractivity contribution in [3.63, 3.8) is 0 Å². The Balaban J connectivity index is 1.64. The average molecular weight is 335 g/mol. The standard InChI is InChI=1S/C20H25N5/c1-3-18-19(10-7-13-24(18)4-2)25-22-20(21-23-25)17-12-11-15-8-5-6-9-16(15)14-17/h5-6,8-9,11-12,14,18-19H,3-4,7,10,13H2,1-2H3/t18-,19-/m0/s1. The first-order chi connectivity index (χ1) is 12.3. The second kappa shape index (κ2) is 6.92. The van der Waals surface area contributed by atoms with Gasteiger partial charge in [0.05, 0.1) is 6.04 Å². The van der Waals surface area contributed by atoms with Crippen molar-refractivity contribution in [2.24, 2.45) is 0 Å². The van der Waals surface area contributed by atoms with Gasteiger partial charge >= 0.3 is 0 Å². The Morgan fingerprint density at radius 2 is 1.92 bits per heavy atom. The van der Waals surface area contributed by atoms with Crippen LogP contribution in [0.25, 0.3) is 22.2 Å². The number of piperidine rings is 1. The van der Waals surface area contributed by atoms with Crippen LogP contribution in [0.4, 0.5) is 0 Å². The van der Waals surface area contributed by atoms with Crippen LogP contribution in [0.5, 0.6) is 0 Å². The molecule has 2 heterocycles. The molecular formula is C20H25N5. The Kier molecular flexibility index (Phi) is 4.49. The van der Waals surface area contributed by atoms with Gasteiger partial charge in [0.1, 0.15) is 0 Å². The summed E-state index contributed by atoms with van der Waals surface area (Å²) in [6.07, 6.45) is 3.44. The summed E-state index contributed by atoms with van der Waals surface area (Å²) < 4.78 is 0. The maximum atomic E-state index is 4.75. The molecule has 0 N–H and O–H groups in total. The summed E-state index contributed by atoms with van der Waals surface area (Å²) in [6.45, 7) is 6.76. The summed E-state index contributed by atoms with van der Waals surface area (Å²) in [7, 11) is 0. The number of tetrazole rings is 1. The summed E-state index contributed by atoms with van der Waals surface area (Å²) in [5, 5.41) is 15.9. The molecule has 5 nitrogen and oxygen atoms in total. The highest BCUT2D eigenvalue weighted by Crippen LogP contribution is 2.29. The Bertz CT molecular complexity index is 856. The molecule has 0 spiro atoms. The topological polar surface area (TPSA) is 46.8 Å². The Morgan fingerprint density at radius 1 is 1.08 bits per heavy atom. The lowest BCUT2D eigenvalue weighted by molar-refractivity contribution is 0.0849. The van der Waals surface area contributed by atoms with E-state index >= 15 is 0 Å². The molecule has 4 rings (SSSR count). The highest BCUT2D eigenvalue weighted by molar-refractivity contribution is 5.86. The summed E-state index contributed by atoms with van der Waals surface area (Å²) in [4.78, 5) is 4.41. The molecule has 1 aromatic heterocycles. The number of benzene rings is 2. The summed E-state index contributed by atoms with van der Waals surface area (Å²) in [5.41, 5.74) is 1.03. The van der Waals surface area contributed by atoms with E-state index in [2.05, 4.69) is 71.5 Å². The van der Waals surface area contributed by atoms with Crippen LogP contribution in [0.1, 0.15) is 39.2 Å². The van der Waals surface area contributed by atoms with E-state index in [1.54, 1.807) is 0 Å². The van der Waals surface area contributed by atoms with Gasteiger partial charge in [-0.25, -0.2) is 0 Å². The molecule has 2 aromatic carbocycles. The van der Waals surface area contributed by atoms with Crippen LogP contribution < -0.4 is 0 Å². The van der Waals surface area contributed by atoms with Crippen LogP contribution in [0.15, 0.2) is 42.5 Å². The number of hydrogen-bond donors (Lipinski definition) is 0. The van der Waals surface area contributed by atoms with Gasteiger partial charge in [-0.1, -0.05) is 50.2 Å². The average Bonchev–Trinajstić information content (AvgIpc) is 3.16. The maximum absolute atomic E-state index is 4.75. The molecule has 25 heavy (non-hydrogen) atoms. The molecule has 1 aliphatic rings. The molecule has 1 aliphatic heterocycles. The minimum absolute atomic E-state index is 0.320. The van der Waals surface area contributed by atoms with Crippen LogP contribution in [-0.2, 0) is 0 Å². The SMILES string of the molecule is CC[C@H]1[C@@H](n2nnc(-c3ccc4ccccc4c3)n2)CCCN1CC. The predicted octanol–water partition coefficient (Wildman–Crippen LogP) is 3.93. The number of hydrogen-bond acceptors (Lipinski definition) is 4. The van der Waals surface area contributed by atoms with Gasteiger partial charge in [-0.2, -0.15) is 4.80 Å². The number of aromatic nitrogens is 4. The molecule has 0 aliphatic carbocycles. The van der Waals surface area contributed by atoms with Gasteiger partial charge in [0, 0.05) is 11.6 Å². The Hall–Kier alpha value is -2.27. The van der Waals surface area contributed by atoms with E-state index in [0.717, 1.165) is 24.9 Å². The van der Waals surface area contributed by atoms with E-state index in [4.69, 9.17) is 5.10 Å². The summed E-state index contributed by atoms with van der Waals surface area (Å²) in [6, 6.07) is 15.5. The summed E-state index contributed by atoms with van der Waals surface area (Å²) >= 11 is 0. The fourth-order valence-corrected chi connectivity index (χ4v) is 4.11. The number of likely N-dealkylation sites (tertiary alicyclic amines) is 1. The number of fused-ring (bicyclic) bond motifs is 1. The van der Waals surface area contributed by atoms with E-state index in [1.165, 1.54) is 23.7 Å². The third-order valence-electron chi connectivity index (χ3n) is 5.42. The zero-order chi connectivity index (χ0) is 17.2. The lowest BCUT2D eigenvalue weighted by Gasteiger charge is -2.39. The van der Waals surface area contributed by atoms with E-state index < -0.39 is 0 Å². The zero-order valence-electron chi connectivity index (χ0n) is 15.0. The quantitative estimate of drug-likeness (QED) is 0.725. The number of nitrogens with zero attached hydrogens (tertiary/aromatic N) is 5. The third kappa shape index (κ3) is 3.04. The largest absolute Gasteiger partial charge is 0.298 e. The monoisotopic (exact) mass is 335 g/mol. The van der Waals surface area contributed by atoms with Crippen LogP contribution >= 0.6 is 0 Å². The van der Waals surface area contributed by atoms with E-state index in [-0.39, 0.29) is 0 Å². The zero-order valence-corrected chi connectivity index (χ0v) is 15.0. The third-order valence-corrected chi connectivity index (χ3v) is 5.42. The van der Waals surface area contributed by atoms with Crippen LogP contribution in [0, 0.1) is 0 Å². The molecule has 3 aromatic rings. The van der Waals surface area contributed by atoms with Crippen molar-refractivity contribution in [1.29, 1.82) is 0 Å². The molecule has 0 radical (unpaired) electrons. The van der Waals surface area contributed by atoms with Gasteiger partial charge in [-0.3, -0.25) is 4.90 Å². The lowest BCUT2D eigenvalue weighted by atomic mass is 9.94. The van der Waals surface area contributed by atoms with Gasteiger partial charge in [-0.05, 0) is 54.4 Å². The second-order valence-corrected chi connectivity index (χ2v) is 6.81. The highest BCUT2D eigenvalue weighted by atomic mass is 15.6. The predicted molar refractivity (Wildman–Crippen MR) is 100 cm³/mol. The molecule has 5 heteroatoms. The minimum atomic E-state index is 0.320. The molecule has 0 saturated carbocycles. The lowest BCUT2D eigenvalue weighted by Crippen LogP contribution is -2.46. The van der Waals surface area contributed by atoms with Gasteiger partial charge in [-0.15, -0.1) is 10.2 Å². The van der Waals surface area contributed by atoms with Crippen LogP contribution in [0.2, 0.25) is 0 Å². The molecule has 0 amide bonds. The van der Waals surface area contributed by atoms with Crippen LogP contribution in [-0.4, -0.2) is 44.2 Å². The smallest absolute Gasteiger partial charge is 0.204 e. The molecule has 0 bridgehead atoms. The normalized spacial score (nSPS) is 21.7. The van der Waals surface area contributed by atoms with Crippen molar-refractivity contribution in [3.8, 4) is 11.4 Å². The Morgan fingerprint density at radius 3 is 2.72 bits per heavy atom. The van der Waals surface area contributed by atoms with Gasteiger partial charge in [0.2, 0.25) is 5.82 Å². The van der Waals surface area contributed by atoms with Crippen LogP contribution in [0.3, 0.4) is 0 Å². The fourth-order valence-electron chi connectivity index (χ4n) is 4.11. The van der Waals surface area contributed by atoms with E-state index in [0.29, 0.717) is 17.9 Å². The highest BCUT2D eigenvalue weighted by Gasteiger charge is 2.32. The van der Waals surface area contributed by atoms with Crippen molar-refractivity contribution < 1.29 is 0 Å². The Labute approximate surface area is 148 Å².